The molecule has 0 aliphatic heterocycles. The van der Waals surface area contributed by atoms with Crippen molar-refractivity contribution in [1.29, 1.82) is 0 Å². The summed E-state index contributed by atoms with van der Waals surface area (Å²) in [5.74, 6) is -0.278. The molecule has 0 saturated heterocycles. The van der Waals surface area contributed by atoms with E-state index in [0.717, 1.165) is 0 Å². The largest absolute Gasteiger partial charge is 0.502 e. The van der Waals surface area contributed by atoms with Gasteiger partial charge in [-0.25, -0.2) is 0 Å². The average Bonchev–Trinajstić information content (AvgIpc) is 2.21. The van der Waals surface area contributed by atoms with E-state index in [1.165, 1.54) is 27.4 Å². The predicted molar refractivity (Wildman–Crippen MR) is 49.4 cm³/mol. The molecule has 2 N–H and O–H groups in total. The Kier molecular flexibility index (Phi) is 2.91. The molecule has 0 radical (unpaired) electrons. The summed E-state index contributed by atoms with van der Waals surface area (Å²) in [5.41, 5.74) is 0. The molecule has 1 aromatic rings. The summed E-state index contributed by atoms with van der Waals surface area (Å²) in [6, 6.07) is 1.42. The molecule has 0 atom stereocenters. The molecule has 0 aromatic heterocycles. The van der Waals surface area contributed by atoms with Gasteiger partial charge < -0.3 is 24.4 Å². The molecule has 0 amide bonds. The maximum Gasteiger partial charge on any atom is 0.208 e. The number of hydrogen-bond acceptors (Lipinski definition) is 5. The first-order valence-corrected chi connectivity index (χ1v) is 3.86. The van der Waals surface area contributed by atoms with Crippen LogP contribution >= 0.6 is 0 Å². The van der Waals surface area contributed by atoms with E-state index in [1.807, 2.05) is 0 Å². The third-order valence-electron chi connectivity index (χ3n) is 1.80. The molecule has 0 bridgehead atoms. The number of phenols is 2. The molecule has 1 aromatic carbocycles. The van der Waals surface area contributed by atoms with Gasteiger partial charge in [0.2, 0.25) is 17.2 Å². The molecule has 78 valence electrons. The number of rotatable bonds is 3. The highest BCUT2D eigenvalue weighted by atomic mass is 16.5. The van der Waals surface area contributed by atoms with Crippen LogP contribution in [0.3, 0.4) is 0 Å². The Hall–Kier alpha value is -1.78. The van der Waals surface area contributed by atoms with E-state index in [4.69, 9.17) is 14.2 Å². The number of ether oxygens (including phenoxy) is 3. The monoisotopic (exact) mass is 200 g/mol. The number of methoxy groups -OCH3 is 3. The van der Waals surface area contributed by atoms with Crippen molar-refractivity contribution in [3.05, 3.63) is 6.07 Å². The number of hydrogen-bond donors (Lipinski definition) is 2. The number of aromatic hydroxyl groups is 2. The molecule has 0 saturated carbocycles. The summed E-state index contributed by atoms with van der Waals surface area (Å²) >= 11 is 0. The van der Waals surface area contributed by atoms with Gasteiger partial charge in [-0.3, -0.25) is 0 Å². The highest BCUT2D eigenvalue weighted by Crippen LogP contribution is 2.48. The highest BCUT2D eigenvalue weighted by Gasteiger charge is 2.18. The van der Waals surface area contributed by atoms with E-state index in [1.54, 1.807) is 0 Å². The second-order valence-corrected chi connectivity index (χ2v) is 2.51. The molecule has 14 heavy (non-hydrogen) atoms. The molecule has 5 heteroatoms. The lowest BCUT2D eigenvalue weighted by Gasteiger charge is -2.12. The first-order valence-electron chi connectivity index (χ1n) is 3.86. The molecule has 0 unspecified atom stereocenters. The fourth-order valence-corrected chi connectivity index (χ4v) is 1.10. The van der Waals surface area contributed by atoms with Gasteiger partial charge in [0.25, 0.3) is 0 Å². The van der Waals surface area contributed by atoms with Crippen molar-refractivity contribution < 1.29 is 24.4 Å². The summed E-state index contributed by atoms with van der Waals surface area (Å²) in [6.45, 7) is 0. The van der Waals surface area contributed by atoms with Crippen LogP contribution in [-0.4, -0.2) is 31.5 Å². The van der Waals surface area contributed by atoms with Gasteiger partial charge in [-0.15, -0.1) is 0 Å². The second kappa shape index (κ2) is 3.95. The quantitative estimate of drug-likeness (QED) is 0.715. The van der Waals surface area contributed by atoms with Crippen LogP contribution in [0, 0.1) is 0 Å². The first-order chi connectivity index (χ1) is 6.65. The van der Waals surface area contributed by atoms with E-state index >= 15 is 0 Å². The fraction of sp³-hybridized carbons (Fsp3) is 0.333. The van der Waals surface area contributed by atoms with Crippen molar-refractivity contribution >= 4 is 0 Å². The number of benzene rings is 1. The minimum atomic E-state index is -0.399. The molecule has 5 nitrogen and oxygen atoms in total. The Morgan fingerprint density at radius 2 is 1.43 bits per heavy atom. The lowest BCUT2D eigenvalue weighted by Crippen LogP contribution is -1.93. The molecular weight excluding hydrogens is 188 g/mol. The Bertz CT molecular complexity index is 334. The van der Waals surface area contributed by atoms with Crippen LogP contribution in [0.15, 0.2) is 6.07 Å². The maximum absolute atomic E-state index is 9.49. The Morgan fingerprint density at radius 3 is 1.86 bits per heavy atom. The van der Waals surface area contributed by atoms with Crippen molar-refractivity contribution in [2.75, 3.05) is 21.3 Å². The zero-order valence-electron chi connectivity index (χ0n) is 8.20. The highest BCUT2D eigenvalue weighted by molar-refractivity contribution is 5.64. The van der Waals surface area contributed by atoms with Crippen LogP contribution in [0.1, 0.15) is 0 Å². The smallest absolute Gasteiger partial charge is 0.208 e. The summed E-state index contributed by atoms with van der Waals surface area (Å²) in [7, 11) is 4.16. The Balaban J connectivity index is 3.38. The van der Waals surface area contributed by atoms with Crippen LogP contribution in [-0.2, 0) is 0 Å². The fourth-order valence-electron chi connectivity index (χ4n) is 1.10. The zero-order chi connectivity index (χ0) is 10.7. The molecule has 0 spiro atoms. The third-order valence-corrected chi connectivity index (χ3v) is 1.80. The van der Waals surface area contributed by atoms with Crippen molar-refractivity contribution in [2.45, 2.75) is 0 Å². The standard InChI is InChI=1S/C9H12O5/c1-12-5-4-6(13-2)9(14-3)8(11)7(5)10/h4,10-11H,1-3H3. The van der Waals surface area contributed by atoms with Crippen LogP contribution in [0.4, 0.5) is 0 Å². The average molecular weight is 200 g/mol. The maximum atomic E-state index is 9.49. The predicted octanol–water partition coefficient (Wildman–Crippen LogP) is 1.12. The van der Waals surface area contributed by atoms with E-state index in [2.05, 4.69) is 0 Å². The van der Waals surface area contributed by atoms with Gasteiger partial charge in [-0.05, 0) is 0 Å². The molecule has 0 fully saturated rings. The van der Waals surface area contributed by atoms with Gasteiger partial charge in [0.15, 0.2) is 11.5 Å². The zero-order valence-corrected chi connectivity index (χ0v) is 8.20. The topological polar surface area (TPSA) is 68.2 Å². The minimum Gasteiger partial charge on any atom is -0.502 e. The Labute approximate surface area is 81.5 Å². The van der Waals surface area contributed by atoms with E-state index in [0.29, 0.717) is 5.75 Å². The number of phenolic OH excluding ortho intramolecular Hbond substituents is 2. The van der Waals surface area contributed by atoms with E-state index in [9.17, 15) is 10.2 Å². The van der Waals surface area contributed by atoms with Gasteiger partial charge in [0, 0.05) is 6.07 Å². The van der Waals surface area contributed by atoms with Crippen LogP contribution in [0.5, 0.6) is 28.7 Å². The molecular formula is C9H12O5. The lowest BCUT2D eigenvalue weighted by atomic mass is 10.2. The van der Waals surface area contributed by atoms with Crippen molar-refractivity contribution in [3.63, 3.8) is 0 Å². The van der Waals surface area contributed by atoms with Gasteiger partial charge >= 0.3 is 0 Å². The summed E-state index contributed by atoms with van der Waals surface area (Å²) < 4.78 is 14.6. The Morgan fingerprint density at radius 1 is 0.857 bits per heavy atom. The summed E-state index contributed by atoms with van der Waals surface area (Å²) in [4.78, 5) is 0. The summed E-state index contributed by atoms with van der Waals surface area (Å²) in [6.07, 6.45) is 0. The van der Waals surface area contributed by atoms with Gasteiger partial charge in [0.05, 0.1) is 21.3 Å². The molecule has 0 aliphatic carbocycles. The SMILES string of the molecule is COc1cc(OC)c(OC)c(O)c1O. The van der Waals surface area contributed by atoms with E-state index in [-0.39, 0.29) is 17.2 Å². The normalized spacial score (nSPS) is 9.64. The second-order valence-electron chi connectivity index (χ2n) is 2.51. The van der Waals surface area contributed by atoms with Gasteiger partial charge in [-0.1, -0.05) is 0 Å². The summed E-state index contributed by atoms with van der Waals surface area (Å²) in [5, 5.41) is 18.9. The van der Waals surface area contributed by atoms with Crippen molar-refractivity contribution in [2.24, 2.45) is 0 Å². The van der Waals surface area contributed by atoms with Crippen molar-refractivity contribution in [3.8, 4) is 28.7 Å². The van der Waals surface area contributed by atoms with E-state index < -0.39 is 5.75 Å². The van der Waals surface area contributed by atoms with Gasteiger partial charge in [-0.2, -0.15) is 0 Å². The van der Waals surface area contributed by atoms with Crippen LogP contribution in [0.2, 0.25) is 0 Å². The lowest BCUT2D eigenvalue weighted by molar-refractivity contribution is 0.306. The molecule has 0 aliphatic rings. The minimum absolute atomic E-state index is 0.0748. The van der Waals surface area contributed by atoms with Gasteiger partial charge in [0.1, 0.15) is 0 Å². The van der Waals surface area contributed by atoms with Crippen LogP contribution < -0.4 is 14.2 Å². The van der Waals surface area contributed by atoms with Crippen LogP contribution in [0.25, 0.3) is 0 Å². The first kappa shape index (κ1) is 10.3. The third kappa shape index (κ3) is 1.48. The molecule has 1 rings (SSSR count). The molecule has 0 heterocycles. The van der Waals surface area contributed by atoms with Crippen molar-refractivity contribution in [1.82, 2.24) is 0 Å².